The van der Waals surface area contributed by atoms with Crippen molar-refractivity contribution in [1.82, 2.24) is 0 Å². The Kier molecular flexibility index (Phi) is 10.5. The summed E-state index contributed by atoms with van der Waals surface area (Å²) in [7, 11) is 0. The van der Waals surface area contributed by atoms with Gasteiger partial charge in [-0.1, -0.05) is 72.8 Å². The van der Waals surface area contributed by atoms with E-state index < -0.39 is 25.6 Å². The summed E-state index contributed by atoms with van der Waals surface area (Å²) >= 11 is 0. The van der Waals surface area contributed by atoms with E-state index in [-0.39, 0.29) is 11.5 Å². The summed E-state index contributed by atoms with van der Waals surface area (Å²) in [6.45, 7) is 1.03. The number of benzene rings is 6. The molecule has 0 aliphatic heterocycles. The second kappa shape index (κ2) is 15.1. The maximum Gasteiger partial charge on any atom is 0.422 e. The fourth-order valence-corrected chi connectivity index (χ4v) is 5.84. The Bertz CT molecular complexity index is 1960. The van der Waals surface area contributed by atoms with Crippen LogP contribution < -0.4 is 19.3 Å². The van der Waals surface area contributed by atoms with Crippen LogP contribution in [0.2, 0.25) is 0 Å². The topological polar surface area (TPSA) is 24.9 Å². The lowest BCUT2D eigenvalue weighted by atomic mass is 10.0. The van der Waals surface area contributed by atoms with Gasteiger partial charge in [-0.2, -0.15) is 26.3 Å². The fourth-order valence-electron chi connectivity index (χ4n) is 5.84. The summed E-state index contributed by atoms with van der Waals surface area (Å²) in [6.07, 6.45) is -9.00. The summed E-state index contributed by atoms with van der Waals surface area (Å²) in [5.74, 6) is 0.175. The number of aryl methyl sites for hydroxylation is 2. The van der Waals surface area contributed by atoms with Gasteiger partial charge >= 0.3 is 12.4 Å². The molecule has 0 fully saturated rings. The number of ether oxygens (including phenoxy) is 2. The molecule has 0 amide bonds. The maximum absolute atomic E-state index is 13.1. The van der Waals surface area contributed by atoms with Crippen molar-refractivity contribution >= 4 is 34.1 Å². The van der Waals surface area contributed by atoms with E-state index in [0.717, 1.165) is 33.6 Å². The largest absolute Gasteiger partial charge is 0.482 e. The van der Waals surface area contributed by atoms with E-state index >= 15 is 0 Å². The summed E-state index contributed by atoms with van der Waals surface area (Å²) in [6, 6.07) is 43.7. The summed E-state index contributed by atoms with van der Waals surface area (Å²) in [4.78, 5) is 3.70. The van der Waals surface area contributed by atoms with E-state index in [1.165, 1.54) is 12.1 Å². The molecular formula is C42H34F6N2O2. The molecule has 0 saturated carbocycles. The molecule has 0 aliphatic rings. The third-order valence-electron chi connectivity index (χ3n) is 8.10. The molecule has 0 atom stereocenters. The normalized spacial score (nSPS) is 11.6. The molecule has 6 aromatic rings. The van der Waals surface area contributed by atoms with Gasteiger partial charge in [-0.15, -0.1) is 0 Å². The summed E-state index contributed by atoms with van der Waals surface area (Å²) < 4.78 is 89.4. The van der Waals surface area contributed by atoms with Crippen molar-refractivity contribution in [1.29, 1.82) is 0 Å². The average Bonchev–Trinajstić information content (AvgIpc) is 3.11. The van der Waals surface area contributed by atoms with Crippen LogP contribution in [0.5, 0.6) is 11.5 Å². The number of rotatable bonds is 11. The molecule has 0 heterocycles. The van der Waals surface area contributed by atoms with Crippen molar-refractivity contribution in [3.8, 4) is 22.6 Å². The van der Waals surface area contributed by atoms with Gasteiger partial charge in [-0.25, -0.2) is 0 Å². The lowest BCUT2D eigenvalue weighted by Gasteiger charge is -2.28. The molecule has 0 spiro atoms. The SMILES string of the molecule is Cc1cccc(N(c2ccc(-c3ccc(N(c4cccc(C)c4)c4ccccc4OCC(F)(F)F)cc3)cc2)c2ccccc2OCC(F)(F)F)c1. The highest BCUT2D eigenvalue weighted by Gasteiger charge is 2.30. The first-order valence-electron chi connectivity index (χ1n) is 16.4. The van der Waals surface area contributed by atoms with Crippen LogP contribution in [0, 0.1) is 13.8 Å². The number of hydrogen-bond donors (Lipinski definition) is 0. The van der Waals surface area contributed by atoms with E-state index in [0.29, 0.717) is 22.7 Å². The highest BCUT2D eigenvalue weighted by Crippen LogP contribution is 2.43. The zero-order chi connectivity index (χ0) is 36.9. The van der Waals surface area contributed by atoms with Crippen LogP contribution in [0.15, 0.2) is 146 Å². The van der Waals surface area contributed by atoms with E-state index in [4.69, 9.17) is 9.47 Å². The molecule has 0 N–H and O–H groups in total. The van der Waals surface area contributed by atoms with Gasteiger partial charge in [0, 0.05) is 22.7 Å². The van der Waals surface area contributed by atoms with Gasteiger partial charge in [0.25, 0.3) is 0 Å². The lowest BCUT2D eigenvalue weighted by Crippen LogP contribution is -2.20. The van der Waals surface area contributed by atoms with Crippen molar-refractivity contribution in [2.75, 3.05) is 23.0 Å². The molecule has 6 rings (SSSR count). The molecule has 266 valence electrons. The third kappa shape index (κ3) is 8.87. The van der Waals surface area contributed by atoms with E-state index in [1.54, 1.807) is 36.4 Å². The zero-order valence-corrected chi connectivity index (χ0v) is 28.2. The number of nitrogens with zero attached hydrogens (tertiary/aromatic N) is 2. The average molecular weight is 713 g/mol. The van der Waals surface area contributed by atoms with Gasteiger partial charge in [0.15, 0.2) is 13.2 Å². The molecule has 0 aliphatic carbocycles. The molecular weight excluding hydrogens is 678 g/mol. The third-order valence-corrected chi connectivity index (χ3v) is 8.10. The maximum atomic E-state index is 13.1. The standard InChI is InChI=1S/C42H34F6N2O2/c1-29-9-7-11-35(25-29)49(37-13-3-5-15-39(37)51-27-41(43,44)45)33-21-17-31(18-22-33)32-19-23-34(24-20-32)50(36-12-8-10-30(2)26-36)38-14-4-6-16-40(38)52-28-42(46,47)48/h3-26H,27-28H2,1-2H3. The van der Waals surface area contributed by atoms with Crippen LogP contribution in [0.1, 0.15) is 11.1 Å². The molecule has 6 aromatic carbocycles. The predicted octanol–water partition coefficient (Wildman–Crippen LogP) is 12.8. The van der Waals surface area contributed by atoms with E-state index in [9.17, 15) is 26.3 Å². The van der Waals surface area contributed by atoms with Crippen LogP contribution in [0.4, 0.5) is 60.5 Å². The lowest BCUT2D eigenvalue weighted by molar-refractivity contribution is -0.154. The van der Waals surface area contributed by atoms with Gasteiger partial charge in [0.2, 0.25) is 0 Å². The number of para-hydroxylation sites is 4. The minimum atomic E-state index is -4.50. The van der Waals surface area contributed by atoms with Crippen molar-refractivity contribution in [2.45, 2.75) is 26.2 Å². The van der Waals surface area contributed by atoms with Crippen LogP contribution >= 0.6 is 0 Å². The van der Waals surface area contributed by atoms with Gasteiger partial charge in [0.05, 0.1) is 11.4 Å². The van der Waals surface area contributed by atoms with Gasteiger partial charge in [-0.3, -0.25) is 0 Å². The summed E-state index contributed by atoms with van der Waals surface area (Å²) in [5.41, 5.74) is 7.49. The van der Waals surface area contributed by atoms with E-state index in [1.807, 2.05) is 121 Å². The number of hydrogen-bond acceptors (Lipinski definition) is 4. The van der Waals surface area contributed by atoms with Crippen LogP contribution in [-0.2, 0) is 0 Å². The molecule has 10 heteroatoms. The first-order chi connectivity index (χ1) is 24.8. The smallest absolute Gasteiger partial charge is 0.422 e. The van der Waals surface area contributed by atoms with Crippen molar-refractivity contribution in [2.24, 2.45) is 0 Å². The van der Waals surface area contributed by atoms with Gasteiger partial charge in [0.1, 0.15) is 11.5 Å². The highest BCUT2D eigenvalue weighted by atomic mass is 19.4. The molecule has 0 bridgehead atoms. The Labute approximate surface area is 298 Å². The first-order valence-corrected chi connectivity index (χ1v) is 16.4. The number of alkyl halides is 6. The van der Waals surface area contributed by atoms with Crippen LogP contribution in [-0.4, -0.2) is 25.6 Å². The monoisotopic (exact) mass is 712 g/mol. The molecule has 4 nitrogen and oxygen atoms in total. The van der Waals surface area contributed by atoms with Crippen molar-refractivity contribution in [3.63, 3.8) is 0 Å². The molecule has 0 radical (unpaired) electrons. The Balaban J connectivity index is 1.34. The fraction of sp³-hybridized carbons (Fsp3) is 0.143. The number of anilines is 6. The van der Waals surface area contributed by atoms with Crippen molar-refractivity contribution in [3.05, 3.63) is 157 Å². The quantitative estimate of drug-likeness (QED) is 0.125. The summed E-state index contributed by atoms with van der Waals surface area (Å²) in [5, 5.41) is 0. The Morgan fingerprint density at radius 1 is 0.423 bits per heavy atom. The molecule has 0 aromatic heterocycles. The predicted molar refractivity (Wildman–Crippen MR) is 194 cm³/mol. The molecule has 0 saturated heterocycles. The first kappa shape index (κ1) is 35.9. The minimum absolute atomic E-state index is 0.0875. The van der Waals surface area contributed by atoms with Crippen LogP contribution in [0.25, 0.3) is 11.1 Å². The number of halogens is 6. The van der Waals surface area contributed by atoms with Gasteiger partial charge < -0.3 is 19.3 Å². The van der Waals surface area contributed by atoms with Crippen LogP contribution in [0.3, 0.4) is 0 Å². The van der Waals surface area contributed by atoms with Gasteiger partial charge in [-0.05, 0) is 109 Å². The highest BCUT2D eigenvalue weighted by molar-refractivity contribution is 5.83. The second-order valence-electron chi connectivity index (χ2n) is 12.2. The molecule has 0 unspecified atom stereocenters. The zero-order valence-electron chi connectivity index (χ0n) is 28.2. The second-order valence-corrected chi connectivity index (χ2v) is 12.2. The van der Waals surface area contributed by atoms with E-state index in [2.05, 4.69) is 0 Å². The van der Waals surface area contributed by atoms with Crippen molar-refractivity contribution < 1.29 is 35.8 Å². The molecule has 52 heavy (non-hydrogen) atoms. The Morgan fingerprint density at radius 3 is 1.13 bits per heavy atom. The Morgan fingerprint density at radius 2 is 0.788 bits per heavy atom. The minimum Gasteiger partial charge on any atom is -0.482 e. The Hall–Kier alpha value is -5.90.